The van der Waals surface area contributed by atoms with Crippen molar-refractivity contribution in [2.45, 2.75) is 38.2 Å². The van der Waals surface area contributed by atoms with Crippen LogP contribution in [0.1, 0.15) is 42.9 Å². The lowest BCUT2D eigenvalue weighted by Crippen LogP contribution is -2.45. The number of methoxy groups -OCH3 is 1. The van der Waals surface area contributed by atoms with Crippen LogP contribution >= 0.6 is 24.0 Å². The molecule has 0 atom stereocenters. The number of rotatable bonds is 5. The minimum atomic E-state index is -0.520. The van der Waals surface area contributed by atoms with Crippen molar-refractivity contribution in [3.05, 3.63) is 69.8 Å². The third kappa shape index (κ3) is 5.46. The van der Waals surface area contributed by atoms with Crippen LogP contribution in [0.15, 0.2) is 48.0 Å². The van der Waals surface area contributed by atoms with Gasteiger partial charge in [-0.1, -0.05) is 53.6 Å². The normalized spacial score (nSPS) is 17.2. The molecule has 2 aliphatic rings. The van der Waals surface area contributed by atoms with Gasteiger partial charge in [0.15, 0.2) is 0 Å². The van der Waals surface area contributed by atoms with E-state index >= 15 is 0 Å². The zero-order valence-corrected chi connectivity index (χ0v) is 20.1. The average Bonchev–Trinajstić information content (AvgIpc) is 2.76. The molecular formula is C25H31Cl2NO4. The molecule has 0 unspecified atom stereocenters. The fraction of sp³-hybridized carbons (Fsp3) is 0.400. The Morgan fingerprint density at radius 2 is 1.78 bits per heavy atom. The average molecular weight is 480 g/mol. The predicted molar refractivity (Wildman–Crippen MR) is 131 cm³/mol. The van der Waals surface area contributed by atoms with Crippen molar-refractivity contribution in [1.29, 1.82) is 0 Å². The van der Waals surface area contributed by atoms with E-state index < -0.39 is 5.60 Å². The number of benzene rings is 2. The van der Waals surface area contributed by atoms with Crippen LogP contribution in [-0.2, 0) is 21.6 Å². The summed E-state index contributed by atoms with van der Waals surface area (Å²) in [5, 5.41) is 0.777. The summed E-state index contributed by atoms with van der Waals surface area (Å²) in [6.45, 7) is 4.19. The number of hydrogen-bond acceptors (Lipinski definition) is 4. The van der Waals surface area contributed by atoms with Gasteiger partial charge >= 0.3 is 5.97 Å². The molecule has 32 heavy (non-hydrogen) atoms. The van der Waals surface area contributed by atoms with Gasteiger partial charge in [0.1, 0.15) is 11.4 Å². The predicted octanol–water partition coefficient (Wildman–Crippen LogP) is 4.83. The summed E-state index contributed by atoms with van der Waals surface area (Å²) in [5.41, 5.74) is 4.24. The first-order valence-electron chi connectivity index (χ1n) is 10.5. The van der Waals surface area contributed by atoms with Gasteiger partial charge in [0, 0.05) is 50.0 Å². The Labute approximate surface area is 201 Å². The van der Waals surface area contributed by atoms with Crippen LogP contribution < -0.4 is 4.74 Å². The molecule has 0 radical (unpaired) electrons. The number of likely N-dealkylation sites (tertiary alicyclic amines) is 1. The van der Waals surface area contributed by atoms with E-state index in [-0.39, 0.29) is 23.9 Å². The van der Waals surface area contributed by atoms with Crippen molar-refractivity contribution < 1.29 is 19.7 Å². The van der Waals surface area contributed by atoms with E-state index in [2.05, 4.69) is 23.1 Å². The first-order valence-corrected chi connectivity index (χ1v) is 10.9. The molecule has 0 bridgehead atoms. The molecule has 4 rings (SSSR count). The maximum absolute atomic E-state index is 11.8. The second-order valence-electron chi connectivity index (χ2n) is 8.17. The summed E-state index contributed by atoms with van der Waals surface area (Å²) < 4.78 is 11.4. The first-order chi connectivity index (χ1) is 14.5. The number of carbonyl (C=O) groups excluding carboxylic acids is 1. The molecule has 5 nitrogen and oxygen atoms in total. The Morgan fingerprint density at radius 3 is 2.41 bits per heavy atom. The van der Waals surface area contributed by atoms with Gasteiger partial charge in [0.05, 0.1) is 7.11 Å². The summed E-state index contributed by atoms with van der Waals surface area (Å²) in [5.74, 6) is 0.694. The van der Waals surface area contributed by atoms with Crippen molar-refractivity contribution in [2.75, 3.05) is 26.7 Å². The largest absolute Gasteiger partial charge is 0.496 e. The number of nitrogens with zero attached hydrogens (tertiary/aromatic N) is 1. The van der Waals surface area contributed by atoms with Crippen LogP contribution in [-0.4, -0.2) is 43.1 Å². The van der Waals surface area contributed by atoms with Crippen molar-refractivity contribution in [1.82, 2.24) is 4.90 Å². The van der Waals surface area contributed by atoms with Crippen LogP contribution in [0.3, 0.4) is 0 Å². The standard InChI is InChI=1S/C25H28ClNO3.ClH.H2O/c1-18(28)30-25(20-6-4-3-5-7-20)12-14-27(15-13-25)17-19-8-9-21-22(16-19)23(26)10-11-24(21)29-2;;/h3-7,10-11,16H,8-9,12-15,17H2,1-2H3;1H;1H2. The van der Waals surface area contributed by atoms with Crippen molar-refractivity contribution >= 4 is 36.1 Å². The summed E-state index contributed by atoms with van der Waals surface area (Å²) in [6, 6.07) is 14.0. The lowest BCUT2D eigenvalue weighted by Gasteiger charge is -2.41. The van der Waals surface area contributed by atoms with Crippen LogP contribution in [0.2, 0.25) is 5.02 Å². The number of carbonyl (C=O) groups is 1. The highest BCUT2D eigenvalue weighted by Gasteiger charge is 2.39. The number of hydrogen-bond donors (Lipinski definition) is 0. The Morgan fingerprint density at radius 1 is 1.09 bits per heavy atom. The van der Waals surface area contributed by atoms with Gasteiger partial charge in [0.25, 0.3) is 0 Å². The molecule has 0 aromatic heterocycles. The molecule has 0 saturated carbocycles. The maximum Gasteiger partial charge on any atom is 0.303 e. The summed E-state index contributed by atoms with van der Waals surface area (Å²) in [4.78, 5) is 14.3. The van der Waals surface area contributed by atoms with Gasteiger partial charge in [-0.3, -0.25) is 9.69 Å². The number of piperidine rings is 1. The van der Waals surface area contributed by atoms with Crippen LogP contribution in [0.4, 0.5) is 0 Å². The maximum atomic E-state index is 11.8. The zero-order chi connectivity index (χ0) is 21.1. The van der Waals surface area contributed by atoms with Gasteiger partial charge in [-0.05, 0) is 36.1 Å². The molecule has 1 fully saturated rings. The lowest BCUT2D eigenvalue weighted by molar-refractivity contribution is -0.164. The van der Waals surface area contributed by atoms with Gasteiger partial charge in [-0.2, -0.15) is 0 Å². The monoisotopic (exact) mass is 479 g/mol. The molecule has 2 aromatic rings. The van der Waals surface area contributed by atoms with Crippen molar-refractivity contribution in [3.8, 4) is 5.75 Å². The number of halogens is 2. The quantitative estimate of drug-likeness (QED) is 0.575. The summed E-state index contributed by atoms with van der Waals surface area (Å²) >= 11 is 6.47. The minimum Gasteiger partial charge on any atom is -0.496 e. The Balaban J connectivity index is 0.00000181. The topological polar surface area (TPSA) is 70.3 Å². The molecule has 1 heterocycles. The Bertz CT molecular complexity index is 954. The number of esters is 1. The highest BCUT2D eigenvalue weighted by Crippen LogP contribution is 2.39. The fourth-order valence-electron chi connectivity index (χ4n) is 4.73. The highest BCUT2D eigenvalue weighted by molar-refractivity contribution is 6.32. The fourth-order valence-corrected chi connectivity index (χ4v) is 4.97. The van der Waals surface area contributed by atoms with E-state index in [4.69, 9.17) is 21.1 Å². The van der Waals surface area contributed by atoms with E-state index in [1.807, 2.05) is 30.3 Å². The minimum absolute atomic E-state index is 0. The van der Waals surface area contributed by atoms with Crippen molar-refractivity contribution in [2.24, 2.45) is 0 Å². The molecule has 0 amide bonds. The van der Waals surface area contributed by atoms with Crippen LogP contribution in [0, 0.1) is 0 Å². The van der Waals surface area contributed by atoms with Gasteiger partial charge in [-0.25, -0.2) is 0 Å². The van der Waals surface area contributed by atoms with Crippen LogP contribution in [0.5, 0.6) is 5.75 Å². The third-order valence-corrected chi connectivity index (χ3v) is 6.58. The Kier molecular flexibility index (Phi) is 9.17. The molecule has 174 valence electrons. The number of ether oxygens (including phenoxy) is 2. The molecule has 1 saturated heterocycles. The van der Waals surface area contributed by atoms with Gasteiger partial charge in [0.2, 0.25) is 0 Å². The molecular weight excluding hydrogens is 449 g/mol. The zero-order valence-electron chi connectivity index (χ0n) is 18.5. The molecule has 1 aliphatic carbocycles. The van der Waals surface area contributed by atoms with E-state index in [0.717, 1.165) is 67.2 Å². The second kappa shape index (κ2) is 11.2. The second-order valence-corrected chi connectivity index (χ2v) is 8.58. The van der Waals surface area contributed by atoms with E-state index in [0.29, 0.717) is 0 Å². The third-order valence-electron chi connectivity index (χ3n) is 6.25. The van der Waals surface area contributed by atoms with Gasteiger partial charge < -0.3 is 14.9 Å². The summed E-state index contributed by atoms with van der Waals surface area (Å²) in [6.07, 6.45) is 5.78. The van der Waals surface area contributed by atoms with Crippen molar-refractivity contribution in [3.63, 3.8) is 0 Å². The lowest BCUT2D eigenvalue weighted by atomic mass is 9.83. The van der Waals surface area contributed by atoms with E-state index in [1.165, 1.54) is 18.1 Å². The molecule has 2 N–H and O–H groups in total. The molecule has 1 aliphatic heterocycles. The molecule has 7 heteroatoms. The first kappa shape index (κ1) is 26.2. The van der Waals surface area contributed by atoms with E-state index in [1.54, 1.807) is 7.11 Å². The van der Waals surface area contributed by atoms with E-state index in [9.17, 15) is 4.79 Å². The van der Waals surface area contributed by atoms with Gasteiger partial charge in [-0.15, -0.1) is 12.4 Å². The van der Waals surface area contributed by atoms with Crippen LogP contribution in [0.25, 0.3) is 6.08 Å². The highest BCUT2D eigenvalue weighted by atomic mass is 35.5. The molecule has 0 spiro atoms. The smallest absolute Gasteiger partial charge is 0.303 e. The Hall–Kier alpha value is -2.05. The molecule has 2 aromatic carbocycles. The number of fused-ring (bicyclic) bond motifs is 1. The summed E-state index contributed by atoms with van der Waals surface area (Å²) in [7, 11) is 1.71. The SMILES string of the molecule is COc1ccc(Cl)c2c1CCC(CN1CCC(OC(C)=O)(c3ccccc3)CC1)=C2.Cl.O.